The zero-order valence-electron chi connectivity index (χ0n) is 16.4. The fourth-order valence-corrected chi connectivity index (χ4v) is 5.76. The number of hydrogen-bond donors (Lipinski definition) is 0. The highest BCUT2D eigenvalue weighted by atomic mass is 16.5. The summed E-state index contributed by atoms with van der Waals surface area (Å²) in [5, 5.41) is 19.6. The molecule has 0 amide bonds. The zero-order chi connectivity index (χ0) is 18.5. The normalized spacial score (nSPS) is 46.9. The second-order valence-electron chi connectivity index (χ2n) is 9.48. The molecule has 6 atom stereocenters. The van der Waals surface area contributed by atoms with Gasteiger partial charge in [-0.3, -0.25) is 0 Å². The Morgan fingerprint density at radius 3 is 2.36 bits per heavy atom. The van der Waals surface area contributed by atoms with Crippen LogP contribution in [0.5, 0.6) is 0 Å². The maximum Gasteiger partial charge on any atom is 0.157 e. The molecule has 0 aromatic heterocycles. The molecule has 25 heavy (non-hydrogen) atoms. The predicted octanol–water partition coefficient (Wildman–Crippen LogP) is 5.39. The van der Waals surface area contributed by atoms with Crippen LogP contribution < -0.4 is 0 Å². The van der Waals surface area contributed by atoms with Gasteiger partial charge in [0.1, 0.15) is 0 Å². The van der Waals surface area contributed by atoms with Gasteiger partial charge in [-0.15, -0.1) is 0 Å². The summed E-state index contributed by atoms with van der Waals surface area (Å²) in [5.41, 5.74) is 0.324. The molecule has 3 aliphatic rings. The summed E-state index contributed by atoms with van der Waals surface area (Å²) in [6, 6.07) is 5.13. The molecule has 3 nitrogen and oxygen atoms in total. The second kappa shape index (κ2) is 6.14. The molecule has 3 heteroatoms. The topological polar surface area (TPSA) is 56.8 Å². The molecule has 136 valence electrons. The van der Waals surface area contributed by atoms with Gasteiger partial charge in [0.2, 0.25) is 0 Å². The molecule has 1 aliphatic heterocycles. The van der Waals surface area contributed by atoms with Crippen LogP contribution in [-0.2, 0) is 4.74 Å². The lowest BCUT2D eigenvalue weighted by Crippen LogP contribution is -2.51. The third kappa shape index (κ3) is 2.82. The largest absolute Gasteiger partial charge is 0.353 e. The van der Waals surface area contributed by atoms with E-state index in [4.69, 9.17) is 4.74 Å². The number of fused-ring (bicyclic) bond motifs is 1. The highest BCUT2D eigenvalue weighted by Gasteiger charge is 2.58. The highest BCUT2D eigenvalue weighted by molar-refractivity contribution is 5.20. The average molecular weight is 341 g/mol. The summed E-state index contributed by atoms with van der Waals surface area (Å²) in [6.07, 6.45) is 8.39. The van der Waals surface area contributed by atoms with Crippen molar-refractivity contribution in [3.8, 4) is 12.1 Å². The van der Waals surface area contributed by atoms with Crippen molar-refractivity contribution in [2.75, 3.05) is 0 Å². The Morgan fingerprint density at radius 2 is 1.80 bits per heavy atom. The lowest BCUT2D eigenvalue weighted by molar-refractivity contribution is -0.142. The summed E-state index contributed by atoms with van der Waals surface area (Å²) in [5.74, 6) is 1.42. The molecule has 0 aromatic rings. The Hall–Kier alpha value is -1.32. The number of nitriles is 2. The average Bonchev–Trinajstić information content (AvgIpc) is 2.94. The maximum absolute atomic E-state index is 9.82. The van der Waals surface area contributed by atoms with E-state index in [9.17, 15) is 10.5 Å². The molecule has 0 unspecified atom stereocenters. The molecule has 1 heterocycles. The van der Waals surface area contributed by atoms with Gasteiger partial charge >= 0.3 is 0 Å². The van der Waals surface area contributed by atoms with Crippen molar-refractivity contribution in [2.24, 2.45) is 29.1 Å². The second-order valence-corrected chi connectivity index (χ2v) is 9.48. The van der Waals surface area contributed by atoms with Crippen molar-refractivity contribution in [3.63, 3.8) is 0 Å². The van der Waals surface area contributed by atoms with Crippen LogP contribution in [0.1, 0.15) is 73.1 Å². The van der Waals surface area contributed by atoms with Crippen molar-refractivity contribution < 1.29 is 4.74 Å². The molecular weight excluding hydrogens is 308 g/mol. The third-order valence-electron chi connectivity index (χ3n) is 7.62. The van der Waals surface area contributed by atoms with Gasteiger partial charge in [0.05, 0.1) is 23.2 Å². The van der Waals surface area contributed by atoms with E-state index in [1.165, 1.54) is 5.57 Å². The van der Waals surface area contributed by atoms with E-state index in [0.717, 1.165) is 38.5 Å². The van der Waals surface area contributed by atoms with Crippen molar-refractivity contribution in [2.45, 2.75) is 84.3 Å². The third-order valence-corrected chi connectivity index (χ3v) is 7.62. The van der Waals surface area contributed by atoms with E-state index >= 15 is 0 Å². The number of rotatable bonds is 2. The van der Waals surface area contributed by atoms with Gasteiger partial charge in [-0.1, -0.05) is 25.5 Å². The molecule has 0 aromatic carbocycles. The molecule has 3 rings (SSSR count). The summed E-state index contributed by atoms with van der Waals surface area (Å²) < 4.78 is 6.60. The molecule has 2 fully saturated rings. The van der Waals surface area contributed by atoms with Crippen molar-refractivity contribution in [3.05, 3.63) is 11.6 Å². The van der Waals surface area contributed by atoms with Crippen molar-refractivity contribution in [1.82, 2.24) is 0 Å². The minimum atomic E-state index is -0.645. The predicted molar refractivity (Wildman–Crippen MR) is 98.3 cm³/mol. The minimum absolute atomic E-state index is 0.201. The molecule has 1 saturated heterocycles. The van der Waals surface area contributed by atoms with Crippen LogP contribution in [0.3, 0.4) is 0 Å². The van der Waals surface area contributed by atoms with Crippen LogP contribution in [0.25, 0.3) is 0 Å². The standard InChI is InChI=1S/C22H32N2O/c1-15(2)22(14-24)11-10-21(5,25-22)19-8-9-20(4,13-23)18-7-6-16(3)12-17(18)19/h12,15,17-19H,6-11H2,1-5H3/t17-,18-,19-,20+,21+,22-/m0/s1. The lowest BCUT2D eigenvalue weighted by Gasteiger charge is -2.52. The Kier molecular flexibility index (Phi) is 4.53. The quantitative estimate of drug-likeness (QED) is 0.634. The van der Waals surface area contributed by atoms with E-state index in [-0.39, 0.29) is 16.9 Å². The summed E-state index contributed by atoms with van der Waals surface area (Å²) in [4.78, 5) is 0. The summed E-state index contributed by atoms with van der Waals surface area (Å²) in [6.45, 7) is 10.8. The smallest absolute Gasteiger partial charge is 0.157 e. The Morgan fingerprint density at radius 1 is 1.08 bits per heavy atom. The highest BCUT2D eigenvalue weighted by Crippen LogP contribution is 2.58. The van der Waals surface area contributed by atoms with E-state index in [1.54, 1.807) is 0 Å². The van der Waals surface area contributed by atoms with E-state index in [1.807, 2.05) is 0 Å². The lowest BCUT2D eigenvalue weighted by atomic mass is 9.53. The van der Waals surface area contributed by atoms with Crippen LogP contribution in [0.15, 0.2) is 11.6 Å². The van der Waals surface area contributed by atoms with Crippen molar-refractivity contribution in [1.29, 1.82) is 10.5 Å². The van der Waals surface area contributed by atoms with E-state index in [2.05, 4.69) is 52.8 Å². The number of ether oxygens (including phenoxy) is 1. The first-order valence-electron chi connectivity index (χ1n) is 9.90. The molecule has 2 aliphatic carbocycles. The van der Waals surface area contributed by atoms with Crippen LogP contribution in [-0.4, -0.2) is 11.2 Å². The SMILES string of the molecule is CC1=C[C@H]2[C@H](CC1)[C@@](C)(C#N)CC[C@@H]2[C@@]1(C)CC[C@](C#N)(C(C)C)O1. The molecule has 0 bridgehead atoms. The van der Waals surface area contributed by atoms with Crippen LogP contribution in [0.2, 0.25) is 0 Å². The van der Waals surface area contributed by atoms with Gasteiger partial charge in [-0.05, 0) is 83.0 Å². The molecular formula is C22H32N2O. The number of allylic oxidation sites excluding steroid dienone is 2. The van der Waals surface area contributed by atoms with Gasteiger partial charge in [-0.2, -0.15) is 10.5 Å². The maximum atomic E-state index is 9.82. The molecule has 0 spiro atoms. The summed E-state index contributed by atoms with van der Waals surface area (Å²) in [7, 11) is 0. The van der Waals surface area contributed by atoms with Crippen molar-refractivity contribution >= 4 is 0 Å². The van der Waals surface area contributed by atoms with Crippen LogP contribution in [0, 0.1) is 51.7 Å². The first-order valence-corrected chi connectivity index (χ1v) is 9.90. The van der Waals surface area contributed by atoms with Gasteiger partial charge in [-0.25, -0.2) is 0 Å². The fraction of sp³-hybridized carbons (Fsp3) is 0.818. The first-order chi connectivity index (χ1) is 11.7. The van der Waals surface area contributed by atoms with E-state index < -0.39 is 5.60 Å². The fourth-order valence-electron chi connectivity index (χ4n) is 5.76. The minimum Gasteiger partial charge on any atom is -0.353 e. The monoisotopic (exact) mass is 340 g/mol. The van der Waals surface area contributed by atoms with Crippen LogP contribution in [0.4, 0.5) is 0 Å². The molecule has 0 radical (unpaired) electrons. The number of nitrogens with zero attached hydrogens (tertiary/aromatic N) is 2. The Labute approximate surface area is 153 Å². The summed E-state index contributed by atoms with van der Waals surface area (Å²) >= 11 is 0. The first kappa shape index (κ1) is 18.5. The Bertz CT molecular complexity index is 654. The van der Waals surface area contributed by atoms with Crippen LogP contribution >= 0.6 is 0 Å². The van der Waals surface area contributed by atoms with Gasteiger partial charge in [0.25, 0.3) is 0 Å². The van der Waals surface area contributed by atoms with Gasteiger partial charge in [0, 0.05) is 0 Å². The zero-order valence-corrected chi connectivity index (χ0v) is 16.4. The van der Waals surface area contributed by atoms with Gasteiger partial charge < -0.3 is 4.74 Å². The number of hydrogen-bond acceptors (Lipinski definition) is 3. The van der Waals surface area contributed by atoms with E-state index in [0.29, 0.717) is 17.8 Å². The van der Waals surface area contributed by atoms with Gasteiger partial charge in [0.15, 0.2) is 5.60 Å². The molecule has 0 N–H and O–H groups in total. The molecule has 1 saturated carbocycles. The Balaban J connectivity index is 1.94.